The van der Waals surface area contributed by atoms with Crippen LogP contribution in [0.2, 0.25) is 0 Å². The van der Waals surface area contributed by atoms with Crippen molar-refractivity contribution < 1.29 is 24.3 Å². The summed E-state index contributed by atoms with van der Waals surface area (Å²) in [6.07, 6.45) is 2.39. The molecule has 6 N–H and O–H groups in total. The van der Waals surface area contributed by atoms with Gasteiger partial charge in [-0.25, -0.2) is 4.79 Å². The molecule has 1 rings (SSSR count). The zero-order valence-corrected chi connectivity index (χ0v) is 19.8. The number of rotatable bonds is 13. The molecular formula is C22H34N4O5S. The van der Waals surface area contributed by atoms with Gasteiger partial charge < -0.3 is 26.8 Å². The van der Waals surface area contributed by atoms with E-state index >= 15 is 0 Å². The molecule has 178 valence electrons. The van der Waals surface area contributed by atoms with Crippen LogP contribution in [-0.2, 0) is 25.6 Å². The van der Waals surface area contributed by atoms with Gasteiger partial charge in [-0.15, -0.1) is 0 Å². The lowest BCUT2D eigenvalue weighted by molar-refractivity contribution is -0.143. The summed E-state index contributed by atoms with van der Waals surface area (Å²) in [5, 5.41) is 17.2. The van der Waals surface area contributed by atoms with Crippen molar-refractivity contribution in [3.05, 3.63) is 35.9 Å². The monoisotopic (exact) mass is 466 g/mol. The largest absolute Gasteiger partial charge is 0.480 e. The number of carboxylic acids is 1. The van der Waals surface area contributed by atoms with E-state index < -0.39 is 47.9 Å². The van der Waals surface area contributed by atoms with Gasteiger partial charge in [-0.05, 0) is 36.8 Å². The highest BCUT2D eigenvalue weighted by Gasteiger charge is 2.30. The quantitative estimate of drug-likeness (QED) is 0.284. The molecule has 10 heteroatoms. The van der Waals surface area contributed by atoms with E-state index in [-0.39, 0.29) is 12.3 Å². The van der Waals surface area contributed by atoms with Gasteiger partial charge >= 0.3 is 5.97 Å². The highest BCUT2D eigenvalue weighted by molar-refractivity contribution is 7.98. The summed E-state index contributed by atoms with van der Waals surface area (Å²) < 4.78 is 0. The van der Waals surface area contributed by atoms with Crippen LogP contribution in [0.3, 0.4) is 0 Å². The Kier molecular flexibility index (Phi) is 11.8. The number of carbonyl (C=O) groups excluding carboxylic acids is 3. The summed E-state index contributed by atoms with van der Waals surface area (Å²) in [5.41, 5.74) is 6.47. The second-order valence-corrected chi connectivity index (χ2v) is 8.94. The maximum Gasteiger partial charge on any atom is 0.326 e. The normalized spacial score (nSPS) is 14.7. The third kappa shape index (κ3) is 9.27. The van der Waals surface area contributed by atoms with Gasteiger partial charge in [0, 0.05) is 6.42 Å². The van der Waals surface area contributed by atoms with Crippen LogP contribution in [0.25, 0.3) is 0 Å². The van der Waals surface area contributed by atoms with Crippen molar-refractivity contribution in [3.63, 3.8) is 0 Å². The van der Waals surface area contributed by atoms with E-state index in [2.05, 4.69) is 16.0 Å². The van der Waals surface area contributed by atoms with Crippen LogP contribution >= 0.6 is 11.8 Å². The van der Waals surface area contributed by atoms with E-state index in [1.54, 1.807) is 13.8 Å². The van der Waals surface area contributed by atoms with Crippen LogP contribution in [-0.4, -0.2) is 65.0 Å². The van der Waals surface area contributed by atoms with Crippen LogP contribution in [0.4, 0.5) is 0 Å². The standard InChI is InChI=1S/C22H34N4O5S/c1-13(2)18(22(30)31)26-20(28)16(10-11-32-4)24-21(29)17(25-19(27)14(3)23)12-15-8-6-5-7-9-15/h5-9,13-14,16-18H,10-12,23H2,1-4H3,(H,24,29)(H,25,27)(H,26,28)(H,30,31). The minimum atomic E-state index is -1.14. The Morgan fingerprint density at radius 2 is 1.50 bits per heavy atom. The number of hydrogen-bond acceptors (Lipinski definition) is 6. The van der Waals surface area contributed by atoms with Gasteiger partial charge in [0.15, 0.2) is 0 Å². The summed E-state index contributed by atoms with van der Waals surface area (Å²) in [6, 6.07) is 5.38. The molecule has 3 amide bonds. The predicted molar refractivity (Wildman–Crippen MR) is 125 cm³/mol. The minimum Gasteiger partial charge on any atom is -0.480 e. The average molecular weight is 467 g/mol. The van der Waals surface area contributed by atoms with Gasteiger partial charge in [0.2, 0.25) is 17.7 Å². The SMILES string of the molecule is CSCCC(NC(=O)C(Cc1ccccc1)NC(=O)C(C)N)C(=O)NC(C(=O)O)C(C)C. The summed E-state index contributed by atoms with van der Waals surface area (Å²) in [4.78, 5) is 49.5. The number of carboxylic acid groups (broad SMARTS) is 1. The number of nitrogens with one attached hydrogen (secondary N) is 3. The van der Waals surface area contributed by atoms with Crippen LogP contribution in [0, 0.1) is 5.92 Å². The highest BCUT2D eigenvalue weighted by Crippen LogP contribution is 2.08. The first-order valence-corrected chi connectivity index (χ1v) is 11.9. The second-order valence-electron chi connectivity index (χ2n) is 7.95. The Bertz CT molecular complexity index is 773. The Balaban J connectivity index is 3.03. The molecule has 4 unspecified atom stereocenters. The molecule has 0 aliphatic carbocycles. The molecule has 0 aliphatic rings. The fourth-order valence-corrected chi connectivity index (χ4v) is 3.38. The number of hydrogen-bond donors (Lipinski definition) is 5. The number of amides is 3. The molecule has 0 fully saturated rings. The van der Waals surface area contributed by atoms with E-state index in [1.807, 2.05) is 36.6 Å². The van der Waals surface area contributed by atoms with Crippen molar-refractivity contribution in [1.29, 1.82) is 0 Å². The van der Waals surface area contributed by atoms with Crippen LogP contribution in [0.15, 0.2) is 30.3 Å². The highest BCUT2D eigenvalue weighted by atomic mass is 32.2. The molecule has 0 heterocycles. The van der Waals surface area contributed by atoms with Crippen molar-refractivity contribution in [3.8, 4) is 0 Å². The van der Waals surface area contributed by atoms with Crippen molar-refractivity contribution in [2.24, 2.45) is 11.7 Å². The van der Waals surface area contributed by atoms with Gasteiger partial charge in [-0.2, -0.15) is 11.8 Å². The first kappa shape index (κ1) is 27.4. The Hall–Kier alpha value is -2.59. The first-order valence-electron chi connectivity index (χ1n) is 10.5. The predicted octanol–water partition coefficient (Wildman–Crippen LogP) is 0.524. The van der Waals surface area contributed by atoms with Crippen LogP contribution in [0.1, 0.15) is 32.8 Å². The molecule has 1 aromatic rings. The van der Waals surface area contributed by atoms with Gasteiger partial charge in [0.05, 0.1) is 6.04 Å². The molecule has 9 nitrogen and oxygen atoms in total. The molecule has 0 spiro atoms. The van der Waals surface area contributed by atoms with Gasteiger partial charge in [-0.1, -0.05) is 44.2 Å². The van der Waals surface area contributed by atoms with E-state index in [0.717, 1.165) is 5.56 Å². The lowest BCUT2D eigenvalue weighted by atomic mass is 10.0. The molecule has 0 bridgehead atoms. The topological polar surface area (TPSA) is 151 Å². The summed E-state index contributed by atoms with van der Waals surface area (Å²) in [6.45, 7) is 4.89. The molecule has 0 saturated carbocycles. The van der Waals surface area contributed by atoms with Crippen LogP contribution in [0.5, 0.6) is 0 Å². The van der Waals surface area contributed by atoms with Gasteiger partial charge in [0.1, 0.15) is 18.1 Å². The van der Waals surface area contributed by atoms with Gasteiger partial charge in [0.25, 0.3) is 0 Å². The lowest BCUT2D eigenvalue weighted by Gasteiger charge is -2.26. The fourth-order valence-electron chi connectivity index (χ4n) is 2.91. The van der Waals surface area contributed by atoms with E-state index in [0.29, 0.717) is 12.2 Å². The zero-order valence-electron chi connectivity index (χ0n) is 19.0. The molecule has 0 radical (unpaired) electrons. The molecule has 0 saturated heterocycles. The second kappa shape index (κ2) is 13.7. The van der Waals surface area contributed by atoms with Crippen molar-refractivity contribution in [2.45, 2.75) is 57.8 Å². The lowest BCUT2D eigenvalue weighted by Crippen LogP contribution is -2.58. The maximum atomic E-state index is 13.1. The summed E-state index contributed by atoms with van der Waals surface area (Å²) >= 11 is 1.50. The smallest absolute Gasteiger partial charge is 0.326 e. The van der Waals surface area contributed by atoms with E-state index in [4.69, 9.17) is 5.73 Å². The third-order valence-corrected chi connectivity index (χ3v) is 5.45. The molecule has 0 aliphatic heterocycles. The fraction of sp³-hybridized carbons (Fsp3) is 0.545. The average Bonchev–Trinajstić information content (AvgIpc) is 2.74. The number of carbonyl (C=O) groups is 4. The summed E-state index contributed by atoms with van der Waals surface area (Å²) in [5.74, 6) is -2.50. The van der Waals surface area contributed by atoms with Crippen molar-refractivity contribution in [2.75, 3.05) is 12.0 Å². The van der Waals surface area contributed by atoms with Crippen LogP contribution < -0.4 is 21.7 Å². The Labute approximate surface area is 193 Å². The Morgan fingerprint density at radius 3 is 2.00 bits per heavy atom. The van der Waals surface area contributed by atoms with Crippen molar-refractivity contribution >= 4 is 35.5 Å². The van der Waals surface area contributed by atoms with Crippen molar-refractivity contribution in [1.82, 2.24) is 16.0 Å². The molecular weight excluding hydrogens is 432 g/mol. The number of aliphatic carboxylic acids is 1. The zero-order chi connectivity index (χ0) is 24.3. The van der Waals surface area contributed by atoms with Gasteiger partial charge in [-0.3, -0.25) is 14.4 Å². The third-order valence-electron chi connectivity index (χ3n) is 4.80. The number of thioether (sulfide) groups is 1. The molecule has 4 atom stereocenters. The minimum absolute atomic E-state index is 0.214. The number of nitrogens with two attached hydrogens (primary N) is 1. The van der Waals surface area contributed by atoms with E-state index in [1.165, 1.54) is 18.7 Å². The number of benzene rings is 1. The summed E-state index contributed by atoms with van der Waals surface area (Å²) in [7, 11) is 0. The molecule has 32 heavy (non-hydrogen) atoms. The molecule has 1 aromatic carbocycles. The molecule has 0 aromatic heterocycles. The van der Waals surface area contributed by atoms with E-state index in [9.17, 15) is 24.3 Å². The maximum absolute atomic E-state index is 13.1. The Morgan fingerprint density at radius 1 is 0.938 bits per heavy atom. The first-order chi connectivity index (χ1) is 15.1.